The van der Waals surface area contributed by atoms with Gasteiger partial charge in [0.1, 0.15) is 0 Å². The lowest BCUT2D eigenvalue weighted by Crippen LogP contribution is -2.16. The van der Waals surface area contributed by atoms with Crippen LogP contribution in [0, 0.1) is 0 Å². The second-order valence-corrected chi connectivity index (χ2v) is 6.66. The fourth-order valence-electron chi connectivity index (χ4n) is 1.64. The molecule has 17 heavy (non-hydrogen) atoms. The molecule has 1 nitrogen and oxygen atoms in total. The van der Waals surface area contributed by atoms with E-state index in [4.69, 9.17) is 11.6 Å². The van der Waals surface area contributed by atoms with Crippen molar-refractivity contribution in [1.29, 1.82) is 0 Å². The van der Waals surface area contributed by atoms with E-state index >= 15 is 0 Å². The van der Waals surface area contributed by atoms with Crippen LogP contribution >= 0.6 is 23.4 Å². The highest BCUT2D eigenvalue weighted by Crippen LogP contribution is 2.31. The molecule has 0 aliphatic heterocycles. The second-order valence-electron chi connectivity index (χ2n) is 4.74. The third-order valence-corrected chi connectivity index (χ3v) is 4.71. The zero-order chi connectivity index (χ0) is 12.3. The van der Waals surface area contributed by atoms with Gasteiger partial charge in [-0.2, -0.15) is 0 Å². The van der Waals surface area contributed by atoms with E-state index in [2.05, 4.69) is 31.3 Å². The van der Waals surface area contributed by atoms with Gasteiger partial charge >= 0.3 is 0 Å². The molecule has 94 valence electrons. The van der Waals surface area contributed by atoms with E-state index in [1.54, 1.807) is 0 Å². The highest BCUT2D eigenvalue weighted by Gasteiger charge is 2.20. The van der Waals surface area contributed by atoms with E-state index in [0.29, 0.717) is 5.25 Å². The first-order valence-electron chi connectivity index (χ1n) is 6.37. The third-order valence-electron chi connectivity index (χ3n) is 3.08. The van der Waals surface area contributed by atoms with Crippen LogP contribution in [0.25, 0.3) is 0 Å². The summed E-state index contributed by atoms with van der Waals surface area (Å²) in [4.78, 5) is 1.37. The Kier molecular flexibility index (Phi) is 4.78. The molecule has 1 saturated carbocycles. The number of benzene rings is 1. The normalized spacial score (nSPS) is 17.1. The smallest absolute Gasteiger partial charge is 0.0410 e. The molecule has 1 aromatic rings. The van der Waals surface area contributed by atoms with Gasteiger partial charge in [0, 0.05) is 27.8 Å². The summed E-state index contributed by atoms with van der Waals surface area (Å²) in [5.74, 6) is 0. The van der Waals surface area contributed by atoms with Gasteiger partial charge < -0.3 is 5.32 Å². The summed E-state index contributed by atoms with van der Waals surface area (Å²) in [6.07, 6.45) is 3.85. The van der Waals surface area contributed by atoms with Crippen molar-refractivity contribution >= 4 is 23.4 Å². The van der Waals surface area contributed by atoms with Crippen LogP contribution in [0.5, 0.6) is 0 Å². The fourth-order valence-corrected chi connectivity index (χ4v) is 2.87. The third kappa shape index (κ3) is 4.20. The van der Waals surface area contributed by atoms with Crippen LogP contribution in [0.3, 0.4) is 0 Å². The van der Waals surface area contributed by atoms with Gasteiger partial charge in [0.2, 0.25) is 0 Å². The lowest BCUT2D eigenvalue weighted by atomic mass is 10.2. The van der Waals surface area contributed by atoms with Crippen molar-refractivity contribution in [3.63, 3.8) is 0 Å². The Labute approximate surface area is 113 Å². The minimum atomic E-state index is 0.663. The molecule has 0 amide bonds. The van der Waals surface area contributed by atoms with Crippen LogP contribution in [0.2, 0.25) is 5.02 Å². The standard InChI is InChI=1S/C14H20ClNS/c1-3-10(2)17-14-7-4-12(15)8-11(14)9-16-13-5-6-13/h4,7-8,10,13,16H,3,5-6,9H2,1-2H3. The van der Waals surface area contributed by atoms with E-state index in [0.717, 1.165) is 17.6 Å². The Balaban J connectivity index is 2.05. The molecule has 1 N–H and O–H groups in total. The van der Waals surface area contributed by atoms with Crippen molar-refractivity contribution in [3.8, 4) is 0 Å². The van der Waals surface area contributed by atoms with Crippen molar-refractivity contribution in [1.82, 2.24) is 5.32 Å². The molecule has 1 atom stereocenters. The molecule has 0 radical (unpaired) electrons. The maximum absolute atomic E-state index is 6.08. The summed E-state index contributed by atoms with van der Waals surface area (Å²) in [6.45, 7) is 5.46. The number of hydrogen-bond donors (Lipinski definition) is 1. The highest BCUT2D eigenvalue weighted by molar-refractivity contribution is 8.00. The molecule has 2 rings (SSSR count). The van der Waals surface area contributed by atoms with Crippen LogP contribution in [-0.2, 0) is 6.54 Å². The van der Waals surface area contributed by atoms with Crippen LogP contribution in [0.4, 0.5) is 0 Å². The summed E-state index contributed by atoms with van der Waals surface area (Å²) >= 11 is 8.03. The molecule has 0 saturated heterocycles. The summed E-state index contributed by atoms with van der Waals surface area (Å²) in [5.41, 5.74) is 1.34. The van der Waals surface area contributed by atoms with Crippen molar-refractivity contribution in [2.45, 2.75) is 55.8 Å². The van der Waals surface area contributed by atoms with E-state index in [9.17, 15) is 0 Å². The predicted molar refractivity (Wildman–Crippen MR) is 76.9 cm³/mol. The number of nitrogens with one attached hydrogen (secondary N) is 1. The van der Waals surface area contributed by atoms with E-state index in [1.165, 1.54) is 29.7 Å². The van der Waals surface area contributed by atoms with Crippen molar-refractivity contribution < 1.29 is 0 Å². The molecule has 1 aliphatic rings. The zero-order valence-corrected chi connectivity index (χ0v) is 12.1. The van der Waals surface area contributed by atoms with Gasteiger partial charge in [-0.3, -0.25) is 0 Å². The molecule has 1 fully saturated rings. The Hall–Kier alpha value is -0.180. The summed E-state index contributed by atoms with van der Waals surface area (Å²) in [5, 5.41) is 5.06. The average molecular weight is 270 g/mol. The van der Waals surface area contributed by atoms with E-state index in [1.807, 2.05) is 17.8 Å². The van der Waals surface area contributed by atoms with Crippen LogP contribution in [0.15, 0.2) is 23.1 Å². The largest absolute Gasteiger partial charge is 0.310 e. The zero-order valence-electron chi connectivity index (χ0n) is 10.5. The minimum absolute atomic E-state index is 0.663. The fraction of sp³-hybridized carbons (Fsp3) is 0.571. The molecule has 3 heteroatoms. The molecular formula is C14H20ClNS. The van der Waals surface area contributed by atoms with Crippen LogP contribution < -0.4 is 5.32 Å². The van der Waals surface area contributed by atoms with Gasteiger partial charge in [-0.1, -0.05) is 25.4 Å². The second kappa shape index (κ2) is 6.12. The first-order chi connectivity index (χ1) is 8.19. The summed E-state index contributed by atoms with van der Waals surface area (Å²) in [6, 6.07) is 6.99. The number of rotatable bonds is 6. The Bertz CT molecular complexity index is 376. The number of hydrogen-bond acceptors (Lipinski definition) is 2. The number of halogens is 1. The minimum Gasteiger partial charge on any atom is -0.310 e. The Morgan fingerprint density at radius 1 is 1.47 bits per heavy atom. The first kappa shape index (κ1) is 13.3. The predicted octanol–water partition coefficient (Wildman–Crippen LogP) is 4.48. The lowest BCUT2D eigenvalue weighted by molar-refractivity contribution is 0.680. The first-order valence-corrected chi connectivity index (χ1v) is 7.63. The molecule has 1 aliphatic carbocycles. The highest BCUT2D eigenvalue weighted by atomic mass is 35.5. The van der Waals surface area contributed by atoms with Gasteiger partial charge in [0.25, 0.3) is 0 Å². The van der Waals surface area contributed by atoms with E-state index in [-0.39, 0.29) is 0 Å². The number of thioether (sulfide) groups is 1. The summed E-state index contributed by atoms with van der Waals surface area (Å²) in [7, 11) is 0. The molecule has 0 spiro atoms. The average Bonchev–Trinajstić information content (AvgIpc) is 3.13. The van der Waals surface area contributed by atoms with Gasteiger partial charge in [0.05, 0.1) is 0 Å². The van der Waals surface area contributed by atoms with Gasteiger partial charge in [0.15, 0.2) is 0 Å². The van der Waals surface area contributed by atoms with E-state index < -0.39 is 0 Å². The topological polar surface area (TPSA) is 12.0 Å². The van der Waals surface area contributed by atoms with Crippen molar-refractivity contribution in [2.24, 2.45) is 0 Å². The quantitative estimate of drug-likeness (QED) is 0.764. The maximum Gasteiger partial charge on any atom is 0.0410 e. The van der Waals surface area contributed by atoms with Gasteiger partial charge in [-0.15, -0.1) is 11.8 Å². The van der Waals surface area contributed by atoms with Crippen LogP contribution in [0.1, 0.15) is 38.7 Å². The monoisotopic (exact) mass is 269 g/mol. The van der Waals surface area contributed by atoms with Crippen molar-refractivity contribution in [2.75, 3.05) is 0 Å². The molecule has 0 heterocycles. The molecule has 0 aromatic heterocycles. The van der Waals surface area contributed by atoms with Crippen molar-refractivity contribution in [3.05, 3.63) is 28.8 Å². The van der Waals surface area contributed by atoms with Crippen LogP contribution in [-0.4, -0.2) is 11.3 Å². The maximum atomic E-state index is 6.08. The molecule has 1 aromatic carbocycles. The Morgan fingerprint density at radius 2 is 2.24 bits per heavy atom. The molecule has 1 unspecified atom stereocenters. The Morgan fingerprint density at radius 3 is 2.88 bits per heavy atom. The van der Waals surface area contributed by atoms with Gasteiger partial charge in [-0.05, 0) is 43.0 Å². The molecule has 0 bridgehead atoms. The van der Waals surface area contributed by atoms with Gasteiger partial charge in [-0.25, -0.2) is 0 Å². The lowest BCUT2D eigenvalue weighted by Gasteiger charge is -2.14. The molecular weight excluding hydrogens is 250 g/mol. The SMILES string of the molecule is CCC(C)Sc1ccc(Cl)cc1CNC1CC1. The summed E-state index contributed by atoms with van der Waals surface area (Å²) < 4.78 is 0.